The van der Waals surface area contributed by atoms with Crippen molar-refractivity contribution in [2.24, 2.45) is 0 Å². The summed E-state index contributed by atoms with van der Waals surface area (Å²) in [5.41, 5.74) is 10.5. The number of nitrogen functional groups attached to an aromatic ring is 1. The van der Waals surface area contributed by atoms with E-state index in [0.29, 0.717) is 22.8 Å². The second-order valence-electron chi connectivity index (χ2n) is 5.51. The SMILES string of the molecule is Cc1ccncc1C(=O)Nc1cnc(-c2cc(N)ccc2C)cn1. The first-order chi connectivity index (χ1) is 11.5. The molecule has 0 aliphatic rings. The summed E-state index contributed by atoms with van der Waals surface area (Å²) >= 11 is 0. The number of anilines is 2. The van der Waals surface area contributed by atoms with Crippen LogP contribution >= 0.6 is 0 Å². The van der Waals surface area contributed by atoms with Gasteiger partial charge in [-0.1, -0.05) is 6.07 Å². The van der Waals surface area contributed by atoms with E-state index in [1.165, 1.54) is 12.4 Å². The average Bonchev–Trinajstić information content (AvgIpc) is 2.58. The van der Waals surface area contributed by atoms with Crippen molar-refractivity contribution in [3.63, 3.8) is 0 Å². The first-order valence-electron chi connectivity index (χ1n) is 7.45. The summed E-state index contributed by atoms with van der Waals surface area (Å²) in [5.74, 6) is 0.122. The molecule has 0 saturated heterocycles. The van der Waals surface area contributed by atoms with Crippen molar-refractivity contribution in [1.82, 2.24) is 15.0 Å². The summed E-state index contributed by atoms with van der Waals surface area (Å²) in [6, 6.07) is 7.42. The van der Waals surface area contributed by atoms with Crippen molar-refractivity contribution >= 4 is 17.4 Å². The molecule has 3 aromatic rings. The Hall–Kier alpha value is -3.28. The zero-order valence-corrected chi connectivity index (χ0v) is 13.4. The zero-order valence-electron chi connectivity index (χ0n) is 13.4. The number of hydrogen-bond donors (Lipinski definition) is 2. The van der Waals surface area contributed by atoms with E-state index < -0.39 is 0 Å². The molecular weight excluding hydrogens is 302 g/mol. The number of pyridine rings is 1. The van der Waals surface area contributed by atoms with Crippen LogP contribution in [-0.2, 0) is 0 Å². The van der Waals surface area contributed by atoms with E-state index in [2.05, 4.69) is 20.3 Å². The largest absolute Gasteiger partial charge is 0.399 e. The topological polar surface area (TPSA) is 93.8 Å². The van der Waals surface area contributed by atoms with Gasteiger partial charge >= 0.3 is 0 Å². The predicted molar refractivity (Wildman–Crippen MR) is 93.5 cm³/mol. The van der Waals surface area contributed by atoms with Crippen LogP contribution in [0.4, 0.5) is 11.5 Å². The summed E-state index contributed by atoms with van der Waals surface area (Å²) in [6.45, 7) is 3.84. The van der Waals surface area contributed by atoms with E-state index in [4.69, 9.17) is 5.73 Å². The van der Waals surface area contributed by atoms with Crippen LogP contribution in [-0.4, -0.2) is 20.9 Å². The summed E-state index contributed by atoms with van der Waals surface area (Å²) < 4.78 is 0. The fraction of sp³-hybridized carbons (Fsp3) is 0.111. The van der Waals surface area contributed by atoms with Crippen LogP contribution in [0.3, 0.4) is 0 Å². The Morgan fingerprint density at radius 1 is 1.04 bits per heavy atom. The van der Waals surface area contributed by atoms with E-state index >= 15 is 0 Å². The Balaban J connectivity index is 1.81. The number of nitrogens with one attached hydrogen (secondary N) is 1. The van der Waals surface area contributed by atoms with Crippen LogP contribution in [0.25, 0.3) is 11.3 Å². The van der Waals surface area contributed by atoms with Crippen molar-refractivity contribution in [1.29, 1.82) is 0 Å². The molecule has 1 amide bonds. The number of hydrogen-bond acceptors (Lipinski definition) is 5. The molecule has 0 fully saturated rings. The van der Waals surface area contributed by atoms with Gasteiger partial charge in [-0.2, -0.15) is 0 Å². The lowest BCUT2D eigenvalue weighted by atomic mass is 10.1. The minimum atomic E-state index is -0.261. The molecule has 0 radical (unpaired) electrons. The molecule has 2 heterocycles. The van der Waals surface area contributed by atoms with Gasteiger partial charge in [0.1, 0.15) is 0 Å². The Labute approximate surface area is 139 Å². The summed E-state index contributed by atoms with van der Waals surface area (Å²) in [7, 11) is 0. The fourth-order valence-electron chi connectivity index (χ4n) is 2.33. The van der Waals surface area contributed by atoms with Gasteiger partial charge in [-0.25, -0.2) is 4.98 Å². The monoisotopic (exact) mass is 319 g/mol. The number of amides is 1. The molecule has 0 bridgehead atoms. The minimum Gasteiger partial charge on any atom is -0.399 e. The molecule has 120 valence electrons. The van der Waals surface area contributed by atoms with Crippen LogP contribution < -0.4 is 11.1 Å². The van der Waals surface area contributed by atoms with E-state index in [1.54, 1.807) is 18.5 Å². The number of nitrogens with two attached hydrogens (primary N) is 1. The third-order valence-corrected chi connectivity index (χ3v) is 3.71. The Kier molecular flexibility index (Phi) is 4.20. The van der Waals surface area contributed by atoms with Crippen LogP contribution in [0, 0.1) is 13.8 Å². The highest BCUT2D eigenvalue weighted by atomic mass is 16.1. The van der Waals surface area contributed by atoms with Crippen molar-refractivity contribution in [3.8, 4) is 11.3 Å². The highest BCUT2D eigenvalue weighted by Gasteiger charge is 2.11. The lowest BCUT2D eigenvalue weighted by Gasteiger charge is -2.08. The minimum absolute atomic E-state index is 0.261. The standard InChI is InChI=1S/C18H17N5O/c1-11-3-4-13(19)7-14(11)16-9-22-17(10-21-16)23-18(24)15-8-20-6-5-12(15)2/h3-10H,19H2,1-2H3,(H,22,23,24). The van der Waals surface area contributed by atoms with Crippen molar-refractivity contribution < 1.29 is 4.79 Å². The quantitative estimate of drug-likeness (QED) is 0.724. The number of nitrogens with zero attached hydrogens (tertiary/aromatic N) is 3. The maximum Gasteiger partial charge on any atom is 0.258 e. The molecule has 1 aromatic carbocycles. The van der Waals surface area contributed by atoms with Gasteiger partial charge in [-0.05, 0) is 43.2 Å². The van der Waals surface area contributed by atoms with E-state index in [-0.39, 0.29) is 5.91 Å². The molecule has 2 aromatic heterocycles. The van der Waals surface area contributed by atoms with Gasteiger partial charge in [-0.15, -0.1) is 0 Å². The lowest BCUT2D eigenvalue weighted by molar-refractivity contribution is 0.102. The van der Waals surface area contributed by atoms with Crippen LogP contribution in [0.15, 0.2) is 49.1 Å². The van der Waals surface area contributed by atoms with Crippen LogP contribution in [0.2, 0.25) is 0 Å². The van der Waals surface area contributed by atoms with Gasteiger partial charge in [-0.3, -0.25) is 14.8 Å². The van der Waals surface area contributed by atoms with Crippen molar-refractivity contribution in [2.45, 2.75) is 13.8 Å². The maximum absolute atomic E-state index is 12.3. The summed E-state index contributed by atoms with van der Waals surface area (Å²) in [5, 5.41) is 2.73. The van der Waals surface area contributed by atoms with Crippen LogP contribution in [0.5, 0.6) is 0 Å². The normalized spacial score (nSPS) is 10.4. The highest BCUT2D eigenvalue weighted by Crippen LogP contribution is 2.23. The van der Waals surface area contributed by atoms with E-state index in [9.17, 15) is 4.79 Å². The fourth-order valence-corrected chi connectivity index (χ4v) is 2.33. The lowest BCUT2D eigenvalue weighted by Crippen LogP contribution is -2.14. The predicted octanol–water partition coefficient (Wildman–Crippen LogP) is 2.99. The number of rotatable bonds is 3. The van der Waals surface area contributed by atoms with Gasteiger partial charge < -0.3 is 11.1 Å². The molecule has 0 aliphatic heterocycles. The van der Waals surface area contributed by atoms with Crippen molar-refractivity contribution in [3.05, 3.63) is 65.7 Å². The van der Waals surface area contributed by atoms with Crippen molar-refractivity contribution in [2.75, 3.05) is 11.1 Å². The van der Waals surface area contributed by atoms with Gasteiger partial charge in [0.05, 0.1) is 23.7 Å². The smallest absolute Gasteiger partial charge is 0.258 e. The van der Waals surface area contributed by atoms with Gasteiger partial charge in [0.15, 0.2) is 5.82 Å². The third-order valence-electron chi connectivity index (χ3n) is 3.71. The molecule has 0 atom stereocenters. The van der Waals surface area contributed by atoms with Gasteiger partial charge in [0.2, 0.25) is 0 Å². The Morgan fingerprint density at radius 3 is 2.58 bits per heavy atom. The molecule has 6 nitrogen and oxygen atoms in total. The van der Waals surface area contributed by atoms with Gasteiger partial charge in [0.25, 0.3) is 5.91 Å². The van der Waals surface area contributed by atoms with E-state index in [0.717, 1.165) is 16.7 Å². The molecule has 0 spiro atoms. The maximum atomic E-state index is 12.3. The first kappa shape index (κ1) is 15.6. The Morgan fingerprint density at radius 2 is 1.88 bits per heavy atom. The number of aromatic nitrogens is 3. The Bertz CT molecular complexity index is 890. The molecule has 0 unspecified atom stereocenters. The molecule has 24 heavy (non-hydrogen) atoms. The average molecular weight is 319 g/mol. The van der Waals surface area contributed by atoms with Gasteiger partial charge in [0, 0.05) is 23.6 Å². The number of carbonyl (C=O) groups is 1. The number of aryl methyl sites for hydroxylation is 2. The second kappa shape index (κ2) is 6.45. The number of benzene rings is 1. The molecule has 3 N–H and O–H groups in total. The van der Waals surface area contributed by atoms with Crippen LogP contribution in [0.1, 0.15) is 21.5 Å². The first-order valence-corrected chi connectivity index (χ1v) is 7.45. The molecule has 3 rings (SSSR count). The summed E-state index contributed by atoms with van der Waals surface area (Å²) in [6.07, 6.45) is 6.33. The second-order valence-corrected chi connectivity index (χ2v) is 5.51. The number of carbonyl (C=O) groups excluding carboxylic acids is 1. The molecule has 0 aliphatic carbocycles. The third kappa shape index (κ3) is 3.22. The molecule has 6 heteroatoms. The zero-order chi connectivity index (χ0) is 17.1. The summed E-state index contributed by atoms with van der Waals surface area (Å²) in [4.78, 5) is 24.9. The van der Waals surface area contributed by atoms with E-state index in [1.807, 2.05) is 32.0 Å². The molecule has 0 saturated carbocycles. The highest BCUT2D eigenvalue weighted by molar-refractivity contribution is 6.04. The molecular formula is C18H17N5O.